The van der Waals surface area contributed by atoms with Gasteiger partial charge in [-0.2, -0.15) is 14.9 Å². The first-order chi connectivity index (χ1) is 13.6. The third-order valence-corrected chi connectivity index (χ3v) is 4.54. The number of thioether (sulfide) groups is 1. The predicted octanol–water partition coefficient (Wildman–Crippen LogP) is 1.91. The SMILES string of the molecule is COC(=O)c1ccn(CSc2nncn2/N=C\c2cc(OC)ccc2OC)n1. The molecule has 0 fully saturated rings. The quantitative estimate of drug-likeness (QED) is 0.320. The van der Waals surface area contributed by atoms with Crippen molar-refractivity contribution in [2.45, 2.75) is 11.0 Å². The van der Waals surface area contributed by atoms with Gasteiger partial charge in [-0.3, -0.25) is 4.68 Å². The van der Waals surface area contributed by atoms with Crippen LogP contribution in [0.5, 0.6) is 11.5 Å². The minimum absolute atomic E-state index is 0.243. The highest BCUT2D eigenvalue weighted by atomic mass is 32.2. The maximum atomic E-state index is 11.5. The summed E-state index contributed by atoms with van der Waals surface area (Å²) in [7, 11) is 4.50. The first kappa shape index (κ1) is 19.4. The molecule has 0 bridgehead atoms. The van der Waals surface area contributed by atoms with Crippen molar-refractivity contribution < 1.29 is 19.0 Å². The van der Waals surface area contributed by atoms with Crippen molar-refractivity contribution in [1.82, 2.24) is 24.7 Å². The fraction of sp³-hybridized carbons (Fsp3) is 0.235. The minimum Gasteiger partial charge on any atom is -0.497 e. The molecule has 0 saturated heterocycles. The summed E-state index contributed by atoms with van der Waals surface area (Å²) in [4.78, 5) is 11.5. The maximum Gasteiger partial charge on any atom is 0.358 e. The molecule has 0 aliphatic heterocycles. The molecule has 11 heteroatoms. The average molecular weight is 402 g/mol. The van der Waals surface area contributed by atoms with Crippen LogP contribution < -0.4 is 9.47 Å². The van der Waals surface area contributed by atoms with Crippen molar-refractivity contribution >= 4 is 23.9 Å². The normalized spacial score (nSPS) is 11.0. The summed E-state index contributed by atoms with van der Waals surface area (Å²) in [6.45, 7) is 0. The van der Waals surface area contributed by atoms with E-state index in [9.17, 15) is 4.79 Å². The standard InChI is InChI=1S/C17H18N6O4S/c1-25-13-4-5-15(26-2)12(8-13)9-19-23-10-18-20-17(23)28-11-22-7-6-14(21-22)16(24)27-3/h4-10H,11H2,1-3H3/b19-9-. The molecule has 28 heavy (non-hydrogen) atoms. The van der Waals surface area contributed by atoms with Crippen molar-refractivity contribution in [1.29, 1.82) is 0 Å². The number of rotatable bonds is 8. The molecule has 0 radical (unpaired) electrons. The Morgan fingerprint density at radius 3 is 2.86 bits per heavy atom. The molecule has 0 unspecified atom stereocenters. The number of nitrogens with zero attached hydrogens (tertiary/aromatic N) is 6. The minimum atomic E-state index is -0.483. The summed E-state index contributed by atoms with van der Waals surface area (Å²) in [5, 5.41) is 17.0. The maximum absolute atomic E-state index is 11.5. The lowest BCUT2D eigenvalue weighted by atomic mass is 10.2. The largest absolute Gasteiger partial charge is 0.497 e. The van der Waals surface area contributed by atoms with E-state index in [2.05, 4.69) is 25.1 Å². The fourth-order valence-electron chi connectivity index (χ4n) is 2.23. The van der Waals surface area contributed by atoms with Gasteiger partial charge in [0.15, 0.2) is 5.69 Å². The Balaban J connectivity index is 1.71. The Morgan fingerprint density at radius 1 is 1.25 bits per heavy atom. The van der Waals surface area contributed by atoms with Crippen LogP contribution in [-0.2, 0) is 10.6 Å². The lowest BCUT2D eigenvalue weighted by Crippen LogP contribution is -2.04. The molecule has 10 nitrogen and oxygen atoms in total. The second-order valence-corrected chi connectivity index (χ2v) is 6.23. The number of hydrogen-bond donors (Lipinski definition) is 0. The average Bonchev–Trinajstić information content (AvgIpc) is 3.39. The highest BCUT2D eigenvalue weighted by molar-refractivity contribution is 7.98. The number of ether oxygens (including phenoxy) is 3. The first-order valence-electron chi connectivity index (χ1n) is 8.05. The van der Waals surface area contributed by atoms with Crippen LogP contribution in [0.2, 0.25) is 0 Å². The van der Waals surface area contributed by atoms with Gasteiger partial charge in [0, 0.05) is 11.8 Å². The molecule has 3 aromatic rings. The number of aromatic nitrogens is 5. The van der Waals surface area contributed by atoms with Gasteiger partial charge in [0.2, 0.25) is 5.16 Å². The van der Waals surface area contributed by atoms with Crippen LogP contribution in [0, 0.1) is 0 Å². The highest BCUT2D eigenvalue weighted by Gasteiger charge is 2.10. The van der Waals surface area contributed by atoms with Gasteiger partial charge in [0.1, 0.15) is 17.8 Å². The van der Waals surface area contributed by atoms with Crippen LogP contribution in [-0.4, -0.2) is 58.2 Å². The van der Waals surface area contributed by atoms with Gasteiger partial charge in [0.25, 0.3) is 0 Å². The Labute approximate surface area is 165 Å². The number of esters is 1. The topological polar surface area (TPSA) is 106 Å². The zero-order valence-corrected chi connectivity index (χ0v) is 16.3. The van der Waals surface area contributed by atoms with Gasteiger partial charge in [0.05, 0.1) is 33.4 Å². The molecule has 3 rings (SSSR count). The van der Waals surface area contributed by atoms with E-state index in [0.29, 0.717) is 22.5 Å². The van der Waals surface area contributed by atoms with E-state index in [1.165, 1.54) is 29.9 Å². The van der Waals surface area contributed by atoms with Gasteiger partial charge in [-0.05, 0) is 24.3 Å². The van der Waals surface area contributed by atoms with Crippen molar-refractivity contribution in [3.63, 3.8) is 0 Å². The summed E-state index contributed by atoms with van der Waals surface area (Å²) < 4.78 is 18.4. The monoisotopic (exact) mass is 402 g/mol. The molecule has 146 valence electrons. The Kier molecular flexibility index (Phi) is 6.27. The van der Waals surface area contributed by atoms with Gasteiger partial charge >= 0.3 is 5.97 Å². The Bertz CT molecular complexity index is 984. The molecular weight excluding hydrogens is 384 g/mol. The third kappa shape index (κ3) is 4.49. The van der Waals surface area contributed by atoms with Crippen LogP contribution in [0.15, 0.2) is 47.0 Å². The summed E-state index contributed by atoms with van der Waals surface area (Å²) in [5.74, 6) is 1.30. The van der Waals surface area contributed by atoms with Crippen LogP contribution in [0.1, 0.15) is 16.1 Å². The molecular formula is C17H18N6O4S. The molecule has 2 aromatic heterocycles. The number of methoxy groups -OCH3 is 3. The highest BCUT2D eigenvalue weighted by Crippen LogP contribution is 2.23. The van der Waals surface area contributed by atoms with Gasteiger partial charge in [-0.25, -0.2) is 4.79 Å². The van der Waals surface area contributed by atoms with Crippen molar-refractivity contribution in [3.05, 3.63) is 48.0 Å². The molecule has 0 atom stereocenters. The van der Waals surface area contributed by atoms with E-state index in [4.69, 9.17) is 9.47 Å². The molecule has 0 aliphatic rings. The Morgan fingerprint density at radius 2 is 2.11 bits per heavy atom. The van der Waals surface area contributed by atoms with E-state index >= 15 is 0 Å². The van der Waals surface area contributed by atoms with Crippen LogP contribution in [0.3, 0.4) is 0 Å². The summed E-state index contributed by atoms with van der Waals surface area (Å²) in [6.07, 6.45) is 4.82. The van der Waals surface area contributed by atoms with Crippen LogP contribution in [0.25, 0.3) is 0 Å². The van der Waals surface area contributed by atoms with Gasteiger partial charge < -0.3 is 14.2 Å². The molecule has 0 N–H and O–H groups in total. The second-order valence-electron chi connectivity index (χ2n) is 5.32. The predicted molar refractivity (Wildman–Crippen MR) is 102 cm³/mol. The van der Waals surface area contributed by atoms with Crippen molar-refractivity contribution in [3.8, 4) is 11.5 Å². The summed E-state index contributed by atoms with van der Waals surface area (Å²) >= 11 is 1.36. The van der Waals surface area contributed by atoms with E-state index in [0.717, 1.165) is 5.56 Å². The van der Waals surface area contributed by atoms with E-state index < -0.39 is 5.97 Å². The second kappa shape index (κ2) is 9.04. The first-order valence-corrected chi connectivity index (χ1v) is 9.04. The van der Waals surface area contributed by atoms with Gasteiger partial charge in [-0.15, -0.1) is 10.2 Å². The zero-order valence-electron chi connectivity index (χ0n) is 15.5. The van der Waals surface area contributed by atoms with Crippen molar-refractivity contribution in [2.24, 2.45) is 5.10 Å². The lowest BCUT2D eigenvalue weighted by Gasteiger charge is -2.07. The summed E-state index contributed by atoms with van der Waals surface area (Å²) in [6, 6.07) is 7.02. The zero-order chi connectivity index (χ0) is 19.9. The molecule has 2 heterocycles. The lowest BCUT2D eigenvalue weighted by molar-refractivity contribution is 0.0593. The number of hydrogen-bond acceptors (Lipinski definition) is 9. The van der Waals surface area contributed by atoms with Crippen molar-refractivity contribution in [2.75, 3.05) is 21.3 Å². The third-order valence-electron chi connectivity index (χ3n) is 3.62. The van der Waals surface area contributed by atoms with E-state index in [1.54, 1.807) is 43.4 Å². The summed E-state index contributed by atoms with van der Waals surface area (Å²) in [5.41, 5.74) is 0.994. The smallest absolute Gasteiger partial charge is 0.358 e. The van der Waals surface area contributed by atoms with Crippen LogP contribution >= 0.6 is 11.8 Å². The van der Waals surface area contributed by atoms with Gasteiger partial charge in [-0.1, -0.05) is 11.8 Å². The molecule has 0 amide bonds. The van der Waals surface area contributed by atoms with Crippen LogP contribution in [0.4, 0.5) is 0 Å². The van der Waals surface area contributed by atoms with E-state index in [1.807, 2.05) is 12.1 Å². The van der Waals surface area contributed by atoms with E-state index in [-0.39, 0.29) is 5.69 Å². The number of carbonyl (C=O) groups is 1. The molecule has 0 aliphatic carbocycles. The molecule has 0 saturated carbocycles. The molecule has 1 aromatic carbocycles. The number of benzene rings is 1. The molecule has 0 spiro atoms. The Hall–Kier alpha value is -3.34. The number of carbonyl (C=O) groups excluding carboxylic acids is 1. The fourth-order valence-corrected chi connectivity index (χ4v) is 2.95.